The molecule has 0 radical (unpaired) electrons. The Hall–Kier alpha value is -5.82. The molecule has 8 N–H and O–H groups in total. The quantitative estimate of drug-likeness (QED) is 0.0860. The van der Waals surface area contributed by atoms with Crippen LogP contribution in [0.5, 0.6) is 0 Å². The molecule has 7 rings (SSSR count). The molecule has 3 aromatic rings. The fraction of sp³-hybridized carbons (Fsp3) is 0.569. The zero-order valence-electron chi connectivity index (χ0n) is 45.8. The summed E-state index contributed by atoms with van der Waals surface area (Å²) in [5.41, 5.74) is 6.26. The van der Waals surface area contributed by atoms with E-state index in [2.05, 4.69) is 55.4 Å². The first-order valence-corrected chi connectivity index (χ1v) is 28.1. The minimum absolute atomic E-state index is 0.00911. The maximum absolute atomic E-state index is 15.6. The number of carbonyl (C=O) groups excluding carboxylic acids is 7. The third kappa shape index (κ3) is 13.5. The van der Waals surface area contributed by atoms with E-state index in [9.17, 15) is 29.1 Å². The number of thioether (sulfide) groups is 1. The fourth-order valence-electron chi connectivity index (χ4n) is 11.1. The van der Waals surface area contributed by atoms with Crippen molar-refractivity contribution in [1.29, 1.82) is 0 Å². The largest absolute Gasteiger partial charge is 0.395 e. The third-order valence-corrected chi connectivity index (χ3v) is 17.4. The van der Waals surface area contributed by atoms with Crippen molar-refractivity contribution in [3.05, 3.63) is 106 Å². The molecule has 0 bridgehead atoms. The highest BCUT2D eigenvalue weighted by Gasteiger charge is 2.48. The lowest BCUT2D eigenvalue weighted by Gasteiger charge is -2.42. The predicted molar refractivity (Wildman–Crippen MR) is 295 cm³/mol. The van der Waals surface area contributed by atoms with E-state index in [0.717, 1.165) is 66.3 Å². The van der Waals surface area contributed by atoms with Gasteiger partial charge in [0.2, 0.25) is 41.4 Å². The summed E-state index contributed by atoms with van der Waals surface area (Å²) in [7, 11) is 3.32. The zero-order chi connectivity index (χ0) is 55.1. The summed E-state index contributed by atoms with van der Waals surface area (Å²) in [5, 5.41) is 30.5. The van der Waals surface area contributed by atoms with Crippen LogP contribution in [0.4, 0.5) is 0 Å². The van der Waals surface area contributed by atoms with Crippen LogP contribution in [0.25, 0.3) is 0 Å². The van der Waals surface area contributed by atoms with Crippen LogP contribution in [0.3, 0.4) is 0 Å². The lowest BCUT2D eigenvalue weighted by atomic mass is 9.85. The molecule has 0 spiro atoms. The standard InChI is InChI=1S/C58H81N9O8S/c1-34(59-8)51(70)64-49(57(3,4)5)55(74)66-32-41(30-47(66)54(73)63-45-23-15-19-37-17-11-13-21-43(37)45)38-24-25-39-29-46(53(72)62-44-22-14-18-36-16-10-12-20-42(36)44)67(31-40(39)28-38)56(75)50(65-52(71)35(2)60-9)58(6,7)76-33-48(69)61-26-27-68/h10-13,16-17,20-21,24-25,28,34-35,41,44-47,49-50,59-60,68H,14-15,18-19,22-23,26-27,29-33H2,1-9H3,(H,61,69)(H,62,72)(H,63,73)(H,64,70)(H,65,71)/t34-,35-,41?,44?,45+,46?,47-,49?,50?/m0/s1. The summed E-state index contributed by atoms with van der Waals surface area (Å²) in [5.74, 6) is -2.93. The van der Waals surface area contributed by atoms with E-state index < -0.39 is 58.2 Å². The second-order valence-electron chi connectivity index (χ2n) is 22.7. The SMILES string of the molecule is CN[C@@H](C)C(=O)NC(C(=O)N1CC(c2ccc3c(c2)CN(C(=O)C(NC(=O)[C@H](C)NC)C(C)(C)SCC(=O)NCCO)C(C(=O)NC2CCCc4ccccc42)C3)C[C@H]1C(=O)N[C@@H]1CCCc2ccccc21)C(C)(C)C. The average molecular weight is 1060 g/mol. The Morgan fingerprint density at radius 1 is 0.684 bits per heavy atom. The molecular formula is C58H81N9O8S. The Kier molecular flexibility index (Phi) is 19.1. The molecule has 17 nitrogen and oxygen atoms in total. The number of aliphatic hydroxyl groups excluding tert-OH is 1. The van der Waals surface area contributed by atoms with E-state index in [1.807, 2.05) is 69.3 Å². The molecule has 2 aliphatic carbocycles. The average Bonchev–Trinajstić information content (AvgIpc) is 3.88. The molecule has 1 fully saturated rings. The number of benzene rings is 3. The lowest BCUT2D eigenvalue weighted by Crippen LogP contribution is -2.63. The van der Waals surface area contributed by atoms with Crippen molar-refractivity contribution in [2.75, 3.05) is 39.5 Å². The lowest BCUT2D eigenvalue weighted by molar-refractivity contribution is -0.145. The summed E-state index contributed by atoms with van der Waals surface area (Å²) in [6.45, 7) is 12.7. The smallest absolute Gasteiger partial charge is 0.247 e. The van der Waals surface area contributed by atoms with Gasteiger partial charge in [0.25, 0.3) is 0 Å². The first kappa shape index (κ1) is 57.9. The van der Waals surface area contributed by atoms with Gasteiger partial charge in [-0.25, -0.2) is 0 Å². The summed E-state index contributed by atoms with van der Waals surface area (Å²) < 4.78 is -1.08. The van der Waals surface area contributed by atoms with Crippen molar-refractivity contribution in [2.45, 2.75) is 165 Å². The van der Waals surface area contributed by atoms with Crippen LogP contribution < -0.4 is 37.2 Å². The second-order valence-corrected chi connectivity index (χ2v) is 24.3. The Morgan fingerprint density at radius 2 is 1.22 bits per heavy atom. The normalized spacial score (nSPS) is 21.8. The summed E-state index contributed by atoms with van der Waals surface area (Å²) in [4.78, 5) is 104. The Balaban J connectivity index is 1.24. The van der Waals surface area contributed by atoms with Crippen molar-refractivity contribution in [2.24, 2.45) is 5.41 Å². The number of fused-ring (bicyclic) bond motifs is 3. The van der Waals surface area contributed by atoms with Gasteiger partial charge in [-0.3, -0.25) is 33.6 Å². The molecule has 0 aromatic heterocycles. The number of likely N-dealkylation sites (N-methyl/N-ethyl adjacent to an activating group) is 2. The maximum Gasteiger partial charge on any atom is 0.247 e. The maximum atomic E-state index is 15.6. The number of aliphatic hydroxyl groups is 1. The van der Waals surface area contributed by atoms with Crippen molar-refractivity contribution >= 4 is 53.1 Å². The number of rotatable bonds is 19. The predicted octanol–water partition coefficient (Wildman–Crippen LogP) is 3.86. The zero-order valence-corrected chi connectivity index (χ0v) is 46.7. The van der Waals surface area contributed by atoms with Crippen LogP contribution in [-0.4, -0.2) is 137 Å². The highest BCUT2D eigenvalue weighted by molar-refractivity contribution is 8.01. The summed E-state index contributed by atoms with van der Waals surface area (Å²) in [6, 6.07) is 16.5. The van der Waals surface area contributed by atoms with Crippen molar-refractivity contribution in [3.8, 4) is 0 Å². The van der Waals surface area contributed by atoms with Crippen molar-refractivity contribution in [3.63, 3.8) is 0 Å². The van der Waals surface area contributed by atoms with E-state index in [1.165, 1.54) is 22.9 Å². The number of likely N-dealkylation sites (tertiary alicyclic amines) is 1. The highest BCUT2D eigenvalue weighted by atomic mass is 32.2. The monoisotopic (exact) mass is 1060 g/mol. The molecule has 5 unspecified atom stereocenters. The number of carbonyl (C=O) groups is 7. The number of nitrogens with zero attached hydrogens (tertiary/aromatic N) is 2. The van der Waals surface area contributed by atoms with Gasteiger partial charge in [-0.2, -0.15) is 0 Å². The second kappa shape index (κ2) is 25.1. The molecule has 76 heavy (non-hydrogen) atoms. The summed E-state index contributed by atoms with van der Waals surface area (Å²) in [6.07, 6.45) is 5.59. The number of amides is 7. The van der Waals surface area contributed by atoms with Crippen molar-refractivity contribution < 1.29 is 38.7 Å². The summed E-state index contributed by atoms with van der Waals surface area (Å²) >= 11 is 1.19. The molecule has 7 amide bonds. The van der Waals surface area contributed by atoms with Crippen LogP contribution in [-0.2, 0) is 59.4 Å². The molecule has 0 saturated carbocycles. The van der Waals surface area contributed by atoms with Crippen molar-refractivity contribution in [1.82, 2.24) is 47.0 Å². The molecule has 4 aliphatic rings. The van der Waals surface area contributed by atoms with Crippen LogP contribution >= 0.6 is 11.8 Å². The van der Waals surface area contributed by atoms with Crippen LogP contribution in [0, 0.1) is 5.41 Å². The number of hydrogen-bond donors (Lipinski definition) is 8. The number of nitrogens with one attached hydrogen (secondary N) is 7. The minimum atomic E-state index is -1.20. The van der Waals surface area contributed by atoms with Gasteiger partial charge in [0.15, 0.2) is 0 Å². The van der Waals surface area contributed by atoms with Gasteiger partial charge in [-0.15, -0.1) is 11.8 Å². The fourth-order valence-corrected chi connectivity index (χ4v) is 12.1. The third-order valence-electron chi connectivity index (χ3n) is 16.0. The van der Waals surface area contributed by atoms with Crippen LogP contribution in [0.2, 0.25) is 0 Å². The van der Waals surface area contributed by atoms with Gasteiger partial charge in [0.1, 0.15) is 24.2 Å². The molecule has 3 aromatic carbocycles. The molecular weight excluding hydrogens is 983 g/mol. The van der Waals surface area contributed by atoms with Gasteiger partial charge < -0.3 is 52.1 Å². The van der Waals surface area contributed by atoms with E-state index in [4.69, 9.17) is 0 Å². The van der Waals surface area contributed by atoms with Gasteiger partial charge >= 0.3 is 0 Å². The van der Waals surface area contributed by atoms with E-state index in [1.54, 1.807) is 51.6 Å². The van der Waals surface area contributed by atoms with Gasteiger partial charge in [-0.05, 0) is 131 Å². The van der Waals surface area contributed by atoms with Gasteiger partial charge in [0.05, 0.1) is 36.5 Å². The Morgan fingerprint density at radius 3 is 1.78 bits per heavy atom. The number of aryl methyl sites for hydroxylation is 2. The van der Waals surface area contributed by atoms with Gasteiger partial charge in [0, 0.05) is 36.7 Å². The molecule has 412 valence electrons. The Labute approximate surface area is 453 Å². The molecule has 2 heterocycles. The Bertz CT molecular complexity index is 2620. The van der Waals surface area contributed by atoms with E-state index in [-0.39, 0.29) is 86.0 Å². The van der Waals surface area contributed by atoms with Crippen LogP contribution in [0.15, 0.2) is 66.7 Å². The number of hydrogen-bond acceptors (Lipinski definition) is 11. The van der Waals surface area contributed by atoms with Crippen LogP contribution in [0.1, 0.15) is 138 Å². The first-order chi connectivity index (χ1) is 36.1. The first-order valence-electron chi connectivity index (χ1n) is 27.1. The molecule has 1 saturated heterocycles. The molecule has 18 heteroatoms. The van der Waals surface area contributed by atoms with E-state index >= 15 is 9.59 Å². The molecule has 9 atom stereocenters. The highest BCUT2D eigenvalue weighted by Crippen LogP contribution is 2.39. The minimum Gasteiger partial charge on any atom is -0.395 e. The van der Waals surface area contributed by atoms with Gasteiger partial charge in [-0.1, -0.05) is 87.5 Å². The topological polar surface area (TPSA) is 230 Å². The van der Waals surface area contributed by atoms with E-state index in [0.29, 0.717) is 6.42 Å². The molecule has 2 aliphatic heterocycles.